The molecule has 0 aliphatic carbocycles. The Hall–Kier alpha value is -1.53. The quantitative estimate of drug-likeness (QED) is 0.494. The first-order valence-corrected chi connectivity index (χ1v) is 7.54. The molecule has 0 bridgehead atoms. The van der Waals surface area contributed by atoms with Crippen LogP contribution in [0.5, 0.6) is 11.5 Å². The predicted molar refractivity (Wildman–Crippen MR) is 83.3 cm³/mol. The van der Waals surface area contributed by atoms with Crippen LogP contribution in [0.3, 0.4) is 0 Å². The number of hydrogen-bond acceptors (Lipinski definition) is 5. The summed E-state index contributed by atoms with van der Waals surface area (Å²) in [4.78, 5) is 1.10. The molecule has 0 aliphatic heterocycles. The van der Waals surface area contributed by atoms with Crippen LogP contribution in [0.4, 0.5) is 0 Å². The fourth-order valence-electron chi connectivity index (χ4n) is 1.68. The van der Waals surface area contributed by atoms with E-state index in [9.17, 15) is 0 Å². The van der Waals surface area contributed by atoms with Crippen molar-refractivity contribution in [3.63, 3.8) is 0 Å². The molecule has 2 aromatic rings. The lowest BCUT2D eigenvalue weighted by Crippen LogP contribution is -2.02. The van der Waals surface area contributed by atoms with Crippen LogP contribution in [-0.2, 0) is 6.61 Å². The van der Waals surface area contributed by atoms with Gasteiger partial charge in [-0.25, -0.2) is 0 Å². The molecule has 0 amide bonds. The van der Waals surface area contributed by atoms with E-state index in [-0.39, 0.29) is 0 Å². The third kappa shape index (κ3) is 3.52. The summed E-state index contributed by atoms with van der Waals surface area (Å²) in [7, 11) is 1.60. The molecular formula is C14H14BrNO3S. The molecule has 0 unspecified atom stereocenters. The van der Waals surface area contributed by atoms with Gasteiger partial charge in [-0.1, -0.05) is 5.16 Å². The van der Waals surface area contributed by atoms with Crippen LogP contribution in [0.2, 0.25) is 0 Å². The van der Waals surface area contributed by atoms with Gasteiger partial charge in [-0.05, 0) is 41.1 Å². The van der Waals surface area contributed by atoms with E-state index in [1.807, 2.05) is 17.5 Å². The molecule has 4 nitrogen and oxygen atoms in total. The van der Waals surface area contributed by atoms with Crippen molar-refractivity contribution in [1.29, 1.82) is 0 Å². The molecule has 20 heavy (non-hydrogen) atoms. The van der Waals surface area contributed by atoms with E-state index in [1.165, 1.54) is 0 Å². The van der Waals surface area contributed by atoms with E-state index >= 15 is 0 Å². The minimum absolute atomic E-state index is 0.454. The lowest BCUT2D eigenvalue weighted by molar-refractivity contribution is 0.304. The zero-order valence-corrected chi connectivity index (χ0v) is 13.5. The minimum Gasteiger partial charge on any atom is -0.497 e. The summed E-state index contributed by atoms with van der Waals surface area (Å²) in [6.45, 7) is 2.17. The fourth-order valence-corrected chi connectivity index (χ4v) is 3.04. The standard InChI is InChI=1S/C14H14BrNO3S/c1-9(16-17)13-4-3-11(18-2)6-14(13)19-7-12-5-10(15)8-20-12/h3-6,8,17H,7H2,1-2H3/b16-9+. The Morgan fingerprint density at radius 2 is 2.20 bits per heavy atom. The third-order valence-electron chi connectivity index (χ3n) is 2.72. The summed E-state index contributed by atoms with van der Waals surface area (Å²) in [5.41, 5.74) is 1.24. The van der Waals surface area contributed by atoms with E-state index in [0.29, 0.717) is 23.8 Å². The molecule has 1 aromatic heterocycles. The molecule has 1 N–H and O–H groups in total. The number of oxime groups is 1. The molecule has 0 fully saturated rings. The first kappa shape index (κ1) is 14.9. The average Bonchev–Trinajstić information content (AvgIpc) is 2.89. The Morgan fingerprint density at radius 1 is 1.40 bits per heavy atom. The van der Waals surface area contributed by atoms with E-state index in [0.717, 1.165) is 14.9 Å². The summed E-state index contributed by atoms with van der Waals surface area (Å²) in [6, 6.07) is 7.41. The van der Waals surface area contributed by atoms with Gasteiger partial charge in [0.2, 0.25) is 0 Å². The van der Waals surface area contributed by atoms with Crippen LogP contribution in [0, 0.1) is 0 Å². The molecule has 0 saturated carbocycles. The topological polar surface area (TPSA) is 51.0 Å². The smallest absolute Gasteiger partial charge is 0.132 e. The lowest BCUT2D eigenvalue weighted by atomic mass is 10.1. The van der Waals surface area contributed by atoms with Crippen molar-refractivity contribution in [1.82, 2.24) is 0 Å². The third-order valence-corrected chi connectivity index (χ3v) is 4.39. The van der Waals surface area contributed by atoms with Gasteiger partial charge >= 0.3 is 0 Å². The fraction of sp³-hybridized carbons (Fsp3) is 0.214. The average molecular weight is 356 g/mol. The van der Waals surface area contributed by atoms with Crippen LogP contribution >= 0.6 is 27.3 Å². The van der Waals surface area contributed by atoms with Crippen molar-refractivity contribution in [2.75, 3.05) is 7.11 Å². The molecule has 1 heterocycles. The monoisotopic (exact) mass is 355 g/mol. The SMILES string of the molecule is COc1ccc(/C(C)=N/O)c(OCc2cc(Br)cs2)c1. The predicted octanol–water partition coefficient (Wildman–Crippen LogP) is 4.30. The van der Waals surface area contributed by atoms with Crippen molar-refractivity contribution in [3.8, 4) is 11.5 Å². The number of methoxy groups -OCH3 is 1. The highest BCUT2D eigenvalue weighted by Crippen LogP contribution is 2.28. The molecule has 106 valence electrons. The number of nitrogens with zero attached hydrogens (tertiary/aromatic N) is 1. The number of halogens is 1. The molecule has 0 aliphatic rings. The number of benzene rings is 1. The van der Waals surface area contributed by atoms with Crippen molar-refractivity contribution in [2.45, 2.75) is 13.5 Å². The van der Waals surface area contributed by atoms with Crippen LogP contribution in [0.15, 0.2) is 39.3 Å². The summed E-state index contributed by atoms with van der Waals surface area (Å²) in [5.74, 6) is 1.33. The second-order valence-electron chi connectivity index (χ2n) is 4.07. The molecule has 0 atom stereocenters. The molecule has 0 saturated heterocycles. The van der Waals surface area contributed by atoms with Gasteiger partial charge in [0, 0.05) is 26.4 Å². The highest BCUT2D eigenvalue weighted by atomic mass is 79.9. The number of ether oxygens (including phenoxy) is 2. The first-order valence-electron chi connectivity index (χ1n) is 5.87. The van der Waals surface area contributed by atoms with Gasteiger partial charge in [-0.3, -0.25) is 0 Å². The first-order chi connectivity index (χ1) is 9.63. The van der Waals surface area contributed by atoms with E-state index < -0.39 is 0 Å². The Balaban J connectivity index is 2.23. The van der Waals surface area contributed by atoms with Gasteiger partial charge in [0.1, 0.15) is 18.1 Å². The second kappa shape index (κ2) is 6.76. The van der Waals surface area contributed by atoms with Gasteiger partial charge in [0.25, 0.3) is 0 Å². The van der Waals surface area contributed by atoms with Crippen LogP contribution in [0.25, 0.3) is 0 Å². The van der Waals surface area contributed by atoms with Crippen molar-refractivity contribution < 1.29 is 14.7 Å². The van der Waals surface area contributed by atoms with Crippen molar-refractivity contribution >= 4 is 33.0 Å². The van der Waals surface area contributed by atoms with Crippen LogP contribution in [-0.4, -0.2) is 18.0 Å². The van der Waals surface area contributed by atoms with Crippen LogP contribution in [0.1, 0.15) is 17.4 Å². The maximum atomic E-state index is 8.92. The molecule has 6 heteroatoms. The summed E-state index contributed by atoms with van der Waals surface area (Å²) in [5, 5.41) is 14.2. The summed E-state index contributed by atoms with van der Waals surface area (Å²) in [6.07, 6.45) is 0. The molecular weight excluding hydrogens is 342 g/mol. The highest BCUT2D eigenvalue weighted by molar-refractivity contribution is 9.10. The van der Waals surface area contributed by atoms with Gasteiger partial charge < -0.3 is 14.7 Å². The highest BCUT2D eigenvalue weighted by Gasteiger charge is 2.10. The molecule has 2 rings (SSSR count). The minimum atomic E-state index is 0.454. The molecule has 0 radical (unpaired) electrons. The Kier molecular flexibility index (Phi) is 5.03. The Labute approximate surface area is 129 Å². The molecule has 1 aromatic carbocycles. The number of rotatable bonds is 5. The summed E-state index contributed by atoms with van der Waals surface area (Å²) >= 11 is 5.03. The number of hydrogen-bond donors (Lipinski definition) is 1. The lowest BCUT2D eigenvalue weighted by Gasteiger charge is -2.11. The van der Waals surface area contributed by atoms with Gasteiger partial charge in [-0.15, -0.1) is 11.3 Å². The normalized spacial score (nSPS) is 11.4. The van der Waals surface area contributed by atoms with E-state index in [1.54, 1.807) is 37.5 Å². The van der Waals surface area contributed by atoms with E-state index in [2.05, 4.69) is 21.1 Å². The second-order valence-corrected chi connectivity index (χ2v) is 5.98. The summed E-state index contributed by atoms with van der Waals surface area (Å²) < 4.78 is 12.1. The maximum absolute atomic E-state index is 8.92. The Morgan fingerprint density at radius 3 is 2.80 bits per heavy atom. The van der Waals surface area contributed by atoms with Crippen molar-refractivity contribution in [3.05, 3.63) is 44.6 Å². The van der Waals surface area contributed by atoms with E-state index in [4.69, 9.17) is 14.7 Å². The van der Waals surface area contributed by atoms with Gasteiger partial charge in [-0.2, -0.15) is 0 Å². The number of thiophene rings is 1. The maximum Gasteiger partial charge on any atom is 0.132 e. The van der Waals surface area contributed by atoms with Gasteiger partial charge in [0.05, 0.1) is 12.8 Å². The largest absolute Gasteiger partial charge is 0.497 e. The zero-order chi connectivity index (χ0) is 14.5. The van der Waals surface area contributed by atoms with Gasteiger partial charge in [0.15, 0.2) is 0 Å². The van der Waals surface area contributed by atoms with Crippen LogP contribution < -0.4 is 9.47 Å². The zero-order valence-electron chi connectivity index (χ0n) is 11.1. The van der Waals surface area contributed by atoms with Crippen molar-refractivity contribution in [2.24, 2.45) is 5.16 Å². The Bertz CT molecular complexity index is 625. The molecule has 0 spiro atoms.